The maximum absolute atomic E-state index is 3.78. The molecule has 45 heavy (non-hydrogen) atoms. The van der Waals surface area contributed by atoms with E-state index in [1.807, 2.05) is 12.2 Å². The highest BCUT2D eigenvalue weighted by atomic mass is 14.0. The Morgan fingerprint density at radius 1 is 0.222 bits per heavy atom. The lowest BCUT2D eigenvalue weighted by molar-refractivity contribution is 0.523. The summed E-state index contributed by atoms with van der Waals surface area (Å²) in [5.41, 5.74) is 0. The summed E-state index contributed by atoms with van der Waals surface area (Å²) >= 11 is 0. The van der Waals surface area contributed by atoms with Crippen molar-refractivity contribution in [2.45, 2.75) is 264 Å². The minimum absolute atomic E-state index is 1.21. The minimum atomic E-state index is 1.21. The zero-order valence-electron chi connectivity index (χ0n) is 32.1. The molecule has 0 aliphatic carbocycles. The number of hydrogen-bond donors (Lipinski definition) is 0. The van der Waals surface area contributed by atoms with Crippen LogP contribution in [0.1, 0.15) is 264 Å². The molecule has 0 aliphatic heterocycles. The molecule has 0 nitrogen and oxygen atoms in total. The molecule has 0 N–H and O–H groups in total. The van der Waals surface area contributed by atoms with Crippen LogP contribution in [0.2, 0.25) is 0 Å². The Kier molecular flexibility index (Phi) is 49.6. The Hall–Kier alpha value is -0.520. The molecule has 0 aromatic carbocycles. The molecule has 0 spiro atoms. The zero-order valence-corrected chi connectivity index (χ0v) is 32.1. The molecule has 0 saturated carbocycles. The van der Waals surface area contributed by atoms with E-state index < -0.39 is 0 Å². The largest absolute Gasteiger partial charge is 0.103 e. The molecule has 0 radical (unpaired) electrons. The summed E-state index contributed by atoms with van der Waals surface area (Å²) in [6, 6.07) is 0. The van der Waals surface area contributed by atoms with E-state index in [9.17, 15) is 0 Å². The summed E-state index contributed by atoms with van der Waals surface area (Å²) in [6.45, 7) is 12.1. The SMILES string of the molecule is C=CCCCCCCCCCCCCCCCCCCCC.C=CCCCCCCCCCCCCCCCCCCCCC. The standard InChI is InChI=1S/C23H46.C22H44/c1-3-5-7-9-11-13-15-17-19-21-23-22-20-18-16-14-12-10-8-6-4-2;1-3-5-7-9-11-13-15-17-19-21-22-20-18-16-14-12-10-8-6-4-2/h3H,1,4-23H2,2H3;3H,1,4-22H2,2H3. The molecule has 0 aliphatic rings. The van der Waals surface area contributed by atoms with Crippen LogP contribution in [-0.4, -0.2) is 0 Å². The van der Waals surface area contributed by atoms with Gasteiger partial charge in [0.25, 0.3) is 0 Å². The van der Waals surface area contributed by atoms with Crippen molar-refractivity contribution in [2.75, 3.05) is 0 Å². The van der Waals surface area contributed by atoms with Gasteiger partial charge in [0.2, 0.25) is 0 Å². The molecule has 0 rings (SSSR count). The molecule has 0 bridgehead atoms. The van der Waals surface area contributed by atoms with Gasteiger partial charge in [-0.3, -0.25) is 0 Å². The Bertz CT molecular complexity index is 490. The van der Waals surface area contributed by atoms with Crippen molar-refractivity contribution < 1.29 is 0 Å². The van der Waals surface area contributed by atoms with Gasteiger partial charge in [0.15, 0.2) is 0 Å². The minimum Gasteiger partial charge on any atom is -0.103 e. The van der Waals surface area contributed by atoms with E-state index in [1.165, 1.54) is 250 Å². The Labute approximate surface area is 288 Å². The monoisotopic (exact) mass is 631 g/mol. The third kappa shape index (κ3) is 50.5. The second-order valence-electron chi connectivity index (χ2n) is 14.5. The smallest absolute Gasteiger partial charge is 0.0353 e. The molecule has 270 valence electrons. The van der Waals surface area contributed by atoms with Crippen molar-refractivity contribution in [1.82, 2.24) is 0 Å². The van der Waals surface area contributed by atoms with Gasteiger partial charge in [-0.05, 0) is 25.7 Å². The number of allylic oxidation sites excluding steroid dienone is 2. The first-order valence-corrected chi connectivity index (χ1v) is 21.5. The molecule has 0 fully saturated rings. The van der Waals surface area contributed by atoms with E-state index in [1.54, 1.807) is 0 Å². The predicted octanol–water partition coefficient (Wildman–Crippen LogP) is 17.6. The first-order chi connectivity index (χ1) is 22.3. The van der Waals surface area contributed by atoms with Gasteiger partial charge in [-0.25, -0.2) is 0 Å². The van der Waals surface area contributed by atoms with Gasteiger partial charge in [-0.1, -0.05) is 251 Å². The molecular formula is C45H90. The van der Waals surface area contributed by atoms with Crippen LogP contribution < -0.4 is 0 Å². The molecule has 0 unspecified atom stereocenters. The summed E-state index contributed by atoms with van der Waals surface area (Å²) in [5, 5.41) is 0. The molecule has 0 amide bonds. The first-order valence-electron chi connectivity index (χ1n) is 21.5. The quantitative estimate of drug-likeness (QED) is 0.0468. The highest BCUT2D eigenvalue weighted by molar-refractivity contribution is 4.66. The summed E-state index contributed by atoms with van der Waals surface area (Å²) in [7, 11) is 0. The van der Waals surface area contributed by atoms with E-state index in [4.69, 9.17) is 0 Å². The molecule has 0 atom stereocenters. The molecule has 0 aromatic rings. The van der Waals surface area contributed by atoms with Gasteiger partial charge in [0, 0.05) is 0 Å². The van der Waals surface area contributed by atoms with Crippen molar-refractivity contribution in [3.63, 3.8) is 0 Å². The average molecular weight is 631 g/mol. The normalized spacial score (nSPS) is 11.0. The van der Waals surface area contributed by atoms with Crippen molar-refractivity contribution in [3.05, 3.63) is 25.3 Å². The van der Waals surface area contributed by atoms with E-state index in [0.29, 0.717) is 0 Å². The first kappa shape index (κ1) is 46.6. The van der Waals surface area contributed by atoms with Crippen LogP contribution in [0.4, 0.5) is 0 Å². The van der Waals surface area contributed by atoms with E-state index in [2.05, 4.69) is 27.0 Å². The topological polar surface area (TPSA) is 0 Å². The van der Waals surface area contributed by atoms with Crippen LogP contribution >= 0.6 is 0 Å². The fraction of sp³-hybridized carbons (Fsp3) is 0.911. The number of unbranched alkanes of at least 4 members (excludes halogenated alkanes) is 37. The van der Waals surface area contributed by atoms with Crippen molar-refractivity contribution in [3.8, 4) is 0 Å². The molecule has 0 saturated heterocycles. The fourth-order valence-electron chi connectivity index (χ4n) is 6.56. The summed E-state index contributed by atoms with van der Waals surface area (Å²) in [6.07, 6.45) is 60.4. The van der Waals surface area contributed by atoms with Gasteiger partial charge in [-0.15, -0.1) is 13.2 Å². The third-order valence-electron chi connectivity index (χ3n) is 9.77. The lowest BCUT2D eigenvalue weighted by Gasteiger charge is -2.03. The fourth-order valence-corrected chi connectivity index (χ4v) is 6.56. The molecule has 0 heterocycles. The summed E-state index contributed by atoms with van der Waals surface area (Å²) in [5.74, 6) is 0. The highest BCUT2D eigenvalue weighted by Gasteiger charge is 1.96. The number of rotatable bonds is 39. The van der Waals surface area contributed by atoms with Crippen LogP contribution in [0.3, 0.4) is 0 Å². The second-order valence-corrected chi connectivity index (χ2v) is 14.5. The van der Waals surface area contributed by atoms with Crippen LogP contribution in [0.25, 0.3) is 0 Å². The molecular weight excluding hydrogens is 540 g/mol. The molecule has 0 aromatic heterocycles. The summed E-state index contributed by atoms with van der Waals surface area (Å²) < 4.78 is 0. The van der Waals surface area contributed by atoms with Gasteiger partial charge in [0.05, 0.1) is 0 Å². The van der Waals surface area contributed by atoms with E-state index in [0.717, 1.165) is 0 Å². The highest BCUT2D eigenvalue weighted by Crippen LogP contribution is 2.16. The molecule has 0 heteroatoms. The number of hydrogen-bond acceptors (Lipinski definition) is 0. The van der Waals surface area contributed by atoms with Crippen LogP contribution in [0, 0.1) is 0 Å². The lowest BCUT2D eigenvalue weighted by Crippen LogP contribution is -1.84. The van der Waals surface area contributed by atoms with E-state index in [-0.39, 0.29) is 0 Å². The second kappa shape index (κ2) is 47.9. The van der Waals surface area contributed by atoms with Gasteiger partial charge < -0.3 is 0 Å². The lowest BCUT2D eigenvalue weighted by atomic mass is 10.0. The van der Waals surface area contributed by atoms with E-state index >= 15 is 0 Å². The maximum atomic E-state index is 3.78. The van der Waals surface area contributed by atoms with Crippen LogP contribution in [-0.2, 0) is 0 Å². The Morgan fingerprint density at radius 2 is 0.356 bits per heavy atom. The van der Waals surface area contributed by atoms with Gasteiger partial charge in [0.1, 0.15) is 0 Å². The maximum Gasteiger partial charge on any atom is -0.0353 e. The third-order valence-corrected chi connectivity index (χ3v) is 9.77. The van der Waals surface area contributed by atoms with Crippen molar-refractivity contribution in [2.24, 2.45) is 0 Å². The van der Waals surface area contributed by atoms with Crippen LogP contribution in [0.15, 0.2) is 25.3 Å². The zero-order chi connectivity index (χ0) is 33.0. The van der Waals surface area contributed by atoms with Crippen LogP contribution in [0.5, 0.6) is 0 Å². The van der Waals surface area contributed by atoms with Crippen molar-refractivity contribution in [1.29, 1.82) is 0 Å². The average Bonchev–Trinajstić information content (AvgIpc) is 3.05. The van der Waals surface area contributed by atoms with Gasteiger partial charge in [-0.2, -0.15) is 0 Å². The van der Waals surface area contributed by atoms with Gasteiger partial charge >= 0.3 is 0 Å². The summed E-state index contributed by atoms with van der Waals surface area (Å²) in [4.78, 5) is 0. The Morgan fingerprint density at radius 3 is 0.489 bits per heavy atom. The predicted molar refractivity (Wildman–Crippen MR) is 212 cm³/mol. The Balaban J connectivity index is 0. The van der Waals surface area contributed by atoms with Crippen molar-refractivity contribution >= 4 is 0 Å².